The van der Waals surface area contributed by atoms with Crippen molar-refractivity contribution in [2.75, 3.05) is 14.2 Å². The molecule has 200 valence electrons. The van der Waals surface area contributed by atoms with E-state index in [0.717, 1.165) is 27.0 Å². The van der Waals surface area contributed by atoms with E-state index in [1.807, 2.05) is 55.5 Å². The molecule has 0 saturated carbocycles. The number of benzene rings is 3. The van der Waals surface area contributed by atoms with Gasteiger partial charge in [0.2, 0.25) is 0 Å². The van der Waals surface area contributed by atoms with Crippen molar-refractivity contribution >= 4 is 28.1 Å². The lowest BCUT2D eigenvalue weighted by molar-refractivity contribution is 0.0886. The molecule has 1 N–H and O–H groups in total. The van der Waals surface area contributed by atoms with Crippen LogP contribution < -0.4 is 14.8 Å². The number of nitrogens with zero attached hydrogens (tertiary/aromatic N) is 2. The van der Waals surface area contributed by atoms with Crippen molar-refractivity contribution in [3.63, 3.8) is 0 Å². The van der Waals surface area contributed by atoms with E-state index in [0.29, 0.717) is 23.0 Å². The summed E-state index contributed by atoms with van der Waals surface area (Å²) in [6.45, 7) is 2.38. The van der Waals surface area contributed by atoms with Gasteiger partial charge in [-0.3, -0.25) is 4.79 Å². The normalized spacial score (nSPS) is 12.7. The number of methoxy groups -OCH3 is 2. The van der Waals surface area contributed by atoms with E-state index in [9.17, 15) is 9.18 Å². The average molecular weight is 546 g/mol. The molecule has 39 heavy (non-hydrogen) atoms. The van der Waals surface area contributed by atoms with Crippen LogP contribution in [0.2, 0.25) is 0 Å². The lowest BCUT2D eigenvalue weighted by atomic mass is 10.0. The fourth-order valence-corrected chi connectivity index (χ4v) is 5.25. The van der Waals surface area contributed by atoms with Gasteiger partial charge in [0.15, 0.2) is 0 Å². The van der Waals surface area contributed by atoms with E-state index in [1.54, 1.807) is 43.3 Å². The van der Waals surface area contributed by atoms with Gasteiger partial charge in [0.05, 0.1) is 42.0 Å². The number of hydrogen-bond acceptors (Lipinski definition) is 6. The molecular weight excluding hydrogens is 517 g/mol. The Morgan fingerprint density at radius 2 is 1.85 bits per heavy atom. The van der Waals surface area contributed by atoms with E-state index in [4.69, 9.17) is 14.2 Å². The van der Waals surface area contributed by atoms with Crippen LogP contribution in [-0.4, -0.2) is 35.9 Å². The van der Waals surface area contributed by atoms with Gasteiger partial charge < -0.3 is 19.5 Å². The number of carbonyl (C=O) groups excluding carboxylic acids is 1. The number of ether oxygens (including phenoxy) is 3. The van der Waals surface area contributed by atoms with Crippen molar-refractivity contribution in [1.29, 1.82) is 0 Å². The minimum atomic E-state index is -0.507. The van der Waals surface area contributed by atoms with Crippen LogP contribution in [0.25, 0.3) is 16.6 Å². The number of hydrogen-bond donors (Lipinski definition) is 1. The van der Waals surface area contributed by atoms with Crippen molar-refractivity contribution in [2.45, 2.75) is 25.7 Å². The van der Waals surface area contributed by atoms with Crippen molar-refractivity contribution in [3.8, 4) is 17.2 Å². The van der Waals surface area contributed by atoms with Gasteiger partial charge in [-0.25, -0.2) is 9.07 Å². The van der Waals surface area contributed by atoms with Gasteiger partial charge in [-0.05, 0) is 79.2 Å². The molecule has 0 aliphatic heterocycles. The minimum absolute atomic E-state index is 0.178. The first-order valence-electron chi connectivity index (χ1n) is 12.4. The van der Waals surface area contributed by atoms with Crippen molar-refractivity contribution in [2.24, 2.45) is 0 Å². The highest BCUT2D eigenvalue weighted by Gasteiger charge is 2.25. The van der Waals surface area contributed by atoms with Gasteiger partial charge in [-0.2, -0.15) is 5.10 Å². The van der Waals surface area contributed by atoms with Crippen LogP contribution in [0.15, 0.2) is 85.1 Å². The second-order valence-electron chi connectivity index (χ2n) is 9.03. The SMILES string of the molecule is COCc1ccc(C(=O)NC(C)C(Oc2ccc3c(cnn3-c3ccc(F)cc3)c2)c2cccc(OC)c2)s1. The highest BCUT2D eigenvalue weighted by Crippen LogP contribution is 2.31. The maximum absolute atomic E-state index is 13.4. The Hall–Kier alpha value is -4.21. The Labute approximate surface area is 229 Å². The van der Waals surface area contributed by atoms with Crippen LogP contribution in [0.4, 0.5) is 4.39 Å². The highest BCUT2D eigenvalue weighted by molar-refractivity contribution is 7.14. The summed E-state index contributed by atoms with van der Waals surface area (Å²) >= 11 is 1.40. The summed E-state index contributed by atoms with van der Waals surface area (Å²) in [4.78, 5) is 14.6. The first-order valence-corrected chi connectivity index (χ1v) is 13.2. The molecule has 0 radical (unpaired) electrons. The van der Waals surface area contributed by atoms with E-state index < -0.39 is 6.10 Å². The number of halogens is 1. The molecule has 0 spiro atoms. The average Bonchev–Trinajstić information content (AvgIpc) is 3.59. The number of carbonyl (C=O) groups is 1. The molecule has 5 rings (SSSR count). The zero-order valence-corrected chi connectivity index (χ0v) is 22.6. The lowest BCUT2D eigenvalue weighted by Gasteiger charge is -2.27. The molecule has 5 aromatic rings. The van der Waals surface area contributed by atoms with E-state index >= 15 is 0 Å². The number of fused-ring (bicyclic) bond motifs is 1. The smallest absolute Gasteiger partial charge is 0.261 e. The molecular formula is C30H28FN3O4S. The molecule has 0 saturated heterocycles. The third-order valence-electron chi connectivity index (χ3n) is 6.28. The van der Waals surface area contributed by atoms with Gasteiger partial charge in [0.25, 0.3) is 5.91 Å². The minimum Gasteiger partial charge on any atom is -0.497 e. The van der Waals surface area contributed by atoms with E-state index in [2.05, 4.69) is 10.4 Å². The number of thiophene rings is 1. The van der Waals surface area contributed by atoms with Crippen LogP contribution in [-0.2, 0) is 11.3 Å². The van der Waals surface area contributed by atoms with Crippen LogP contribution in [0.5, 0.6) is 11.5 Å². The van der Waals surface area contributed by atoms with Crippen LogP contribution >= 0.6 is 11.3 Å². The number of amides is 1. The summed E-state index contributed by atoms with van der Waals surface area (Å²) < 4.78 is 32.3. The summed E-state index contributed by atoms with van der Waals surface area (Å²) in [7, 11) is 3.24. The molecule has 2 unspecified atom stereocenters. The standard InChI is InChI=1S/C30H28FN3O4S/c1-19(33-30(35)28-14-12-26(39-28)18-36-2)29(20-5-4-6-24(15-20)37-3)38-25-11-13-27-21(16-25)17-32-34(27)23-9-7-22(31)8-10-23/h4-17,19,29H,18H2,1-3H3,(H,33,35). The molecule has 0 bridgehead atoms. The summed E-state index contributed by atoms with van der Waals surface area (Å²) in [5.74, 6) is 0.833. The fraction of sp³-hybridized carbons (Fsp3) is 0.200. The maximum atomic E-state index is 13.4. The third-order valence-corrected chi connectivity index (χ3v) is 7.34. The molecule has 2 heterocycles. The largest absolute Gasteiger partial charge is 0.497 e. The van der Waals surface area contributed by atoms with Gasteiger partial charge in [-0.1, -0.05) is 12.1 Å². The van der Waals surface area contributed by atoms with Crippen LogP contribution in [0.3, 0.4) is 0 Å². The summed E-state index contributed by atoms with van der Waals surface area (Å²) in [5.41, 5.74) is 2.47. The molecule has 2 aromatic heterocycles. The zero-order chi connectivity index (χ0) is 27.4. The number of aromatic nitrogens is 2. The first-order chi connectivity index (χ1) is 18.9. The lowest BCUT2D eigenvalue weighted by Crippen LogP contribution is -2.39. The topological polar surface area (TPSA) is 74.6 Å². The maximum Gasteiger partial charge on any atom is 0.261 e. The summed E-state index contributed by atoms with van der Waals surface area (Å²) in [5, 5.41) is 8.43. The predicted molar refractivity (Wildman–Crippen MR) is 149 cm³/mol. The predicted octanol–water partition coefficient (Wildman–Crippen LogP) is 6.32. The monoisotopic (exact) mass is 545 g/mol. The molecule has 1 amide bonds. The highest BCUT2D eigenvalue weighted by atomic mass is 32.1. The van der Waals surface area contributed by atoms with Gasteiger partial charge in [-0.15, -0.1) is 11.3 Å². The Balaban J connectivity index is 1.41. The molecule has 0 aliphatic carbocycles. The van der Waals surface area contributed by atoms with Gasteiger partial charge in [0.1, 0.15) is 23.4 Å². The quantitative estimate of drug-likeness (QED) is 0.222. The van der Waals surface area contributed by atoms with Crippen LogP contribution in [0, 0.1) is 5.82 Å². The molecule has 3 aromatic carbocycles. The van der Waals surface area contributed by atoms with Gasteiger partial charge >= 0.3 is 0 Å². The Bertz CT molecular complexity index is 1580. The second-order valence-corrected chi connectivity index (χ2v) is 10.2. The first kappa shape index (κ1) is 26.4. The molecule has 9 heteroatoms. The Morgan fingerprint density at radius 1 is 1.03 bits per heavy atom. The van der Waals surface area contributed by atoms with Crippen molar-refractivity contribution < 1.29 is 23.4 Å². The molecule has 7 nitrogen and oxygen atoms in total. The molecule has 0 fully saturated rings. The fourth-order valence-electron chi connectivity index (χ4n) is 4.37. The van der Waals surface area contributed by atoms with Crippen LogP contribution in [0.1, 0.15) is 33.1 Å². The Morgan fingerprint density at radius 3 is 2.62 bits per heavy atom. The second kappa shape index (κ2) is 11.7. The zero-order valence-electron chi connectivity index (χ0n) is 21.8. The number of nitrogens with one attached hydrogen (secondary N) is 1. The summed E-state index contributed by atoms with van der Waals surface area (Å²) in [6, 6.07) is 22.8. The Kier molecular flexibility index (Phi) is 7.90. The summed E-state index contributed by atoms with van der Waals surface area (Å²) in [6.07, 6.45) is 1.23. The van der Waals surface area contributed by atoms with Crippen molar-refractivity contribution in [3.05, 3.63) is 106 Å². The van der Waals surface area contributed by atoms with E-state index in [1.165, 1.54) is 23.5 Å². The van der Waals surface area contributed by atoms with Crippen molar-refractivity contribution in [1.82, 2.24) is 15.1 Å². The van der Waals surface area contributed by atoms with Gasteiger partial charge in [0, 0.05) is 17.4 Å². The molecule has 2 atom stereocenters. The van der Waals surface area contributed by atoms with E-state index in [-0.39, 0.29) is 17.8 Å². The number of rotatable bonds is 10. The third kappa shape index (κ3) is 5.94. The molecule has 0 aliphatic rings.